The Bertz CT molecular complexity index is 347. The van der Waals surface area contributed by atoms with Crippen LogP contribution in [0.3, 0.4) is 0 Å². The van der Waals surface area contributed by atoms with E-state index in [1.54, 1.807) is 0 Å². The van der Waals surface area contributed by atoms with Crippen LogP contribution >= 0.6 is 0 Å². The van der Waals surface area contributed by atoms with Crippen LogP contribution in [0, 0.1) is 29.2 Å². The Morgan fingerprint density at radius 1 is 0.842 bits per heavy atom. The Hall–Kier alpha value is -0.223. The van der Waals surface area contributed by atoms with Gasteiger partial charge in [-0.3, -0.25) is 0 Å². The molecule has 2 aliphatic carbocycles. The number of hydrogen-bond acceptors (Lipinski definition) is 0. The average Bonchev–Trinajstić information content (AvgIpc) is 2.90. The molecule has 0 amide bonds. The van der Waals surface area contributed by atoms with Crippen LogP contribution in [0.4, 0.5) is 0 Å². The molecule has 0 aromatic rings. The van der Waals surface area contributed by atoms with E-state index in [0.29, 0.717) is 0 Å². The van der Waals surface area contributed by atoms with E-state index in [9.17, 15) is 0 Å². The molecule has 0 unspecified atom stereocenters. The van der Waals surface area contributed by atoms with Crippen molar-refractivity contribution in [2.75, 3.05) is 0 Å². The molecule has 2 aliphatic rings. The largest absolute Gasteiger partial charge is 0.145 e. The lowest BCUT2D eigenvalue weighted by atomic mass is 9.90. The molecule has 0 nitrogen and oxygen atoms in total. The Kier molecular flexibility index (Phi) is 4.51. The van der Waals surface area contributed by atoms with Gasteiger partial charge < -0.3 is 0 Å². The van der Waals surface area contributed by atoms with E-state index in [4.69, 9.17) is 0 Å². The summed E-state index contributed by atoms with van der Waals surface area (Å²) in [5.74, 6) is 6.54. The molecule has 2 bridgehead atoms. The van der Waals surface area contributed by atoms with Gasteiger partial charge in [-0.2, -0.15) is 0 Å². The van der Waals surface area contributed by atoms with Gasteiger partial charge in [0, 0.05) is 5.92 Å². The Balaban J connectivity index is 2.21. The fraction of sp³-hybridized carbons (Fsp3) is 0.889. The van der Waals surface area contributed by atoms with E-state index in [2.05, 4.69) is 53.0 Å². The molecule has 0 radical (unpaired) electrons. The SMILES string of the molecule is CC(C)[Si](C#C[C@@H]1C[C@H]2CC[C@@H]1C2)(C(C)C)C(C)C. The highest BCUT2D eigenvalue weighted by molar-refractivity contribution is 6.90. The van der Waals surface area contributed by atoms with Gasteiger partial charge in [0.25, 0.3) is 0 Å². The molecule has 19 heavy (non-hydrogen) atoms. The summed E-state index contributed by atoms with van der Waals surface area (Å²) < 4.78 is 0. The van der Waals surface area contributed by atoms with Gasteiger partial charge >= 0.3 is 0 Å². The molecular formula is C18H32Si. The Morgan fingerprint density at radius 2 is 1.42 bits per heavy atom. The van der Waals surface area contributed by atoms with Gasteiger partial charge in [0.1, 0.15) is 8.07 Å². The maximum atomic E-state index is 3.95. The molecule has 0 aliphatic heterocycles. The zero-order valence-electron chi connectivity index (χ0n) is 13.8. The summed E-state index contributed by atoms with van der Waals surface area (Å²) in [6, 6.07) is 0. The molecule has 0 aromatic carbocycles. The second-order valence-corrected chi connectivity index (χ2v) is 13.5. The second kappa shape index (κ2) is 5.64. The van der Waals surface area contributed by atoms with Gasteiger partial charge in [-0.1, -0.05) is 48.0 Å². The van der Waals surface area contributed by atoms with Crippen molar-refractivity contribution in [3.8, 4) is 11.5 Å². The topological polar surface area (TPSA) is 0 Å². The van der Waals surface area contributed by atoms with Crippen molar-refractivity contribution >= 4 is 8.07 Å². The normalized spacial score (nSPS) is 30.3. The monoisotopic (exact) mass is 276 g/mol. The van der Waals surface area contributed by atoms with E-state index in [0.717, 1.165) is 34.4 Å². The summed E-state index contributed by atoms with van der Waals surface area (Å²) in [6.07, 6.45) is 5.85. The third kappa shape index (κ3) is 2.66. The lowest BCUT2D eigenvalue weighted by Gasteiger charge is -2.38. The second-order valence-electron chi connectivity index (χ2n) is 7.95. The molecule has 0 heterocycles. The van der Waals surface area contributed by atoms with E-state index in [1.807, 2.05) is 0 Å². The van der Waals surface area contributed by atoms with Crippen LogP contribution in [-0.4, -0.2) is 8.07 Å². The molecule has 108 valence electrons. The summed E-state index contributed by atoms with van der Waals surface area (Å²) in [7, 11) is -1.48. The third-order valence-electron chi connectivity index (χ3n) is 6.08. The van der Waals surface area contributed by atoms with E-state index >= 15 is 0 Å². The number of rotatable bonds is 3. The van der Waals surface area contributed by atoms with Gasteiger partial charge in [-0.25, -0.2) is 0 Å². The lowest BCUT2D eigenvalue weighted by Crippen LogP contribution is -2.43. The predicted molar refractivity (Wildman–Crippen MR) is 87.8 cm³/mol. The fourth-order valence-corrected chi connectivity index (χ4v) is 10.4. The maximum Gasteiger partial charge on any atom is 0.145 e. The van der Waals surface area contributed by atoms with Gasteiger partial charge in [-0.15, -0.1) is 11.5 Å². The molecule has 0 saturated heterocycles. The number of hydrogen-bond donors (Lipinski definition) is 0. The van der Waals surface area contributed by atoms with Crippen LogP contribution in [0.25, 0.3) is 0 Å². The third-order valence-corrected chi connectivity index (χ3v) is 12.4. The fourth-order valence-electron chi connectivity index (χ4n) is 5.07. The molecule has 2 rings (SSSR count). The zero-order valence-corrected chi connectivity index (χ0v) is 14.8. The highest BCUT2D eigenvalue weighted by Crippen LogP contribution is 2.48. The van der Waals surface area contributed by atoms with Crippen molar-refractivity contribution in [3.05, 3.63) is 0 Å². The van der Waals surface area contributed by atoms with Crippen molar-refractivity contribution < 1.29 is 0 Å². The van der Waals surface area contributed by atoms with E-state index in [-0.39, 0.29) is 0 Å². The average molecular weight is 277 g/mol. The summed E-state index contributed by atoms with van der Waals surface area (Å²) in [5.41, 5.74) is 6.28. The van der Waals surface area contributed by atoms with Crippen LogP contribution in [0.15, 0.2) is 0 Å². The van der Waals surface area contributed by atoms with Crippen LogP contribution in [0.2, 0.25) is 16.6 Å². The summed E-state index contributed by atoms with van der Waals surface area (Å²) in [5, 5.41) is 0. The first-order chi connectivity index (χ1) is 8.87. The van der Waals surface area contributed by atoms with Gasteiger partial charge in [0.15, 0.2) is 0 Å². The minimum atomic E-state index is -1.48. The molecule has 2 fully saturated rings. The predicted octanol–water partition coefficient (Wildman–Crippen LogP) is 5.64. The molecule has 0 aromatic heterocycles. The lowest BCUT2D eigenvalue weighted by molar-refractivity contribution is 0.406. The van der Waals surface area contributed by atoms with Crippen molar-refractivity contribution in [2.24, 2.45) is 17.8 Å². The van der Waals surface area contributed by atoms with Crippen LogP contribution in [0.5, 0.6) is 0 Å². The summed E-state index contributed by atoms with van der Waals surface area (Å²) in [4.78, 5) is 0. The molecule has 0 N–H and O–H groups in total. The Morgan fingerprint density at radius 3 is 1.79 bits per heavy atom. The van der Waals surface area contributed by atoms with Crippen LogP contribution in [-0.2, 0) is 0 Å². The number of fused-ring (bicyclic) bond motifs is 2. The van der Waals surface area contributed by atoms with Gasteiger partial charge in [0.05, 0.1) is 0 Å². The first-order valence-corrected chi connectivity index (χ1v) is 10.6. The molecule has 1 heteroatoms. The van der Waals surface area contributed by atoms with Crippen molar-refractivity contribution in [3.63, 3.8) is 0 Å². The molecule has 2 saturated carbocycles. The van der Waals surface area contributed by atoms with Crippen molar-refractivity contribution in [1.82, 2.24) is 0 Å². The summed E-state index contributed by atoms with van der Waals surface area (Å²) >= 11 is 0. The van der Waals surface area contributed by atoms with Gasteiger partial charge in [-0.05, 0) is 47.7 Å². The minimum Gasteiger partial charge on any atom is -0.130 e. The highest BCUT2D eigenvalue weighted by Gasteiger charge is 2.43. The first kappa shape index (κ1) is 15.2. The van der Waals surface area contributed by atoms with Crippen molar-refractivity contribution in [1.29, 1.82) is 0 Å². The Labute approximate surface area is 121 Å². The maximum absolute atomic E-state index is 3.95. The van der Waals surface area contributed by atoms with E-state index in [1.165, 1.54) is 25.7 Å². The smallest absolute Gasteiger partial charge is 0.130 e. The van der Waals surface area contributed by atoms with Crippen LogP contribution in [0.1, 0.15) is 67.2 Å². The summed E-state index contributed by atoms with van der Waals surface area (Å²) in [6.45, 7) is 14.5. The molecule has 0 spiro atoms. The van der Waals surface area contributed by atoms with E-state index < -0.39 is 8.07 Å². The molecular weight excluding hydrogens is 244 g/mol. The highest BCUT2D eigenvalue weighted by atomic mass is 28.3. The van der Waals surface area contributed by atoms with Crippen molar-refractivity contribution in [2.45, 2.75) is 83.8 Å². The van der Waals surface area contributed by atoms with Gasteiger partial charge in [0.2, 0.25) is 0 Å². The van der Waals surface area contributed by atoms with Crippen LogP contribution < -0.4 is 0 Å². The standard InChI is InChI=1S/C18H32Si/c1-13(2)19(14(3)4,15(5)6)10-9-18-12-16-7-8-17(18)11-16/h13-18H,7-8,11-12H2,1-6H3/t16-,17+,18+/m0/s1. The molecule has 3 atom stereocenters. The first-order valence-electron chi connectivity index (χ1n) is 8.40. The zero-order chi connectivity index (χ0) is 14.2. The minimum absolute atomic E-state index is 0.752. The quantitative estimate of drug-likeness (QED) is 0.462.